The van der Waals surface area contributed by atoms with Crippen molar-refractivity contribution in [3.8, 4) is 0 Å². The van der Waals surface area contributed by atoms with Crippen LogP contribution in [0.1, 0.15) is 33.5 Å². The summed E-state index contributed by atoms with van der Waals surface area (Å²) >= 11 is 5.21. The van der Waals surface area contributed by atoms with E-state index in [4.69, 9.17) is 12.2 Å². The Bertz CT molecular complexity index is 354. The number of rotatable bonds is 4. The summed E-state index contributed by atoms with van der Waals surface area (Å²) < 4.78 is 2.83. The lowest BCUT2D eigenvalue weighted by Gasteiger charge is -2.25. The van der Waals surface area contributed by atoms with E-state index in [9.17, 15) is 0 Å². The zero-order valence-electron chi connectivity index (χ0n) is 10.2. The Morgan fingerprint density at radius 1 is 1.27 bits per heavy atom. The van der Waals surface area contributed by atoms with Gasteiger partial charge in [0.2, 0.25) is 0 Å². The predicted molar refractivity (Wildman–Crippen MR) is 65.3 cm³/mol. The fourth-order valence-corrected chi connectivity index (χ4v) is 2.27. The van der Waals surface area contributed by atoms with Gasteiger partial charge >= 0.3 is 0 Å². The van der Waals surface area contributed by atoms with E-state index in [2.05, 4.69) is 42.5 Å². The first-order valence-corrected chi connectivity index (χ1v) is 5.96. The Hall–Kier alpha value is -0.640. The minimum absolute atomic E-state index is 0.646. The largest absolute Gasteiger partial charge is 0.304 e. The third-order valence-electron chi connectivity index (χ3n) is 3.06. The van der Waals surface area contributed by atoms with Crippen LogP contribution in [0.25, 0.3) is 0 Å². The molecule has 0 radical (unpaired) electrons. The van der Waals surface area contributed by atoms with E-state index in [1.807, 2.05) is 6.92 Å². The molecule has 0 bridgehead atoms. The van der Waals surface area contributed by atoms with Crippen LogP contribution in [0, 0.1) is 29.4 Å². The minimum atomic E-state index is 0.646. The molecule has 0 aliphatic heterocycles. The number of aromatic amines is 1. The van der Waals surface area contributed by atoms with E-state index in [1.54, 1.807) is 0 Å². The summed E-state index contributed by atoms with van der Waals surface area (Å²) in [6.07, 6.45) is 0. The van der Waals surface area contributed by atoms with Crippen LogP contribution in [0.2, 0.25) is 0 Å². The molecule has 86 valence electrons. The molecule has 0 aliphatic carbocycles. The van der Waals surface area contributed by atoms with E-state index in [-0.39, 0.29) is 0 Å². The lowest BCUT2D eigenvalue weighted by atomic mass is 9.85. The fourth-order valence-electron chi connectivity index (χ4n) is 2.01. The van der Waals surface area contributed by atoms with Gasteiger partial charge in [-0.05, 0) is 36.9 Å². The van der Waals surface area contributed by atoms with Gasteiger partial charge in [0.1, 0.15) is 5.82 Å². The molecular weight excluding hydrogens is 206 g/mol. The number of hydrogen-bond donors (Lipinski definition) is 1. The monoisotopic (exact) mass is 227 g/mol. The van der Waals surface area contributed by atoms with Crippen molar-refractivity contribution in [1.29, 1.82) is 0 Å². The first-order valence-electron chi connectivity index (χ1n) is 5.55. The molecule has 1 heterocycles. The van der Waals surface area contributed by atoms with Crippen molar-refractivity contribution in [2.24, 2.45) is 17.8 Å². The molecule has 4 heteroatoms. The molecule has 1 aromatic heterocycles. The van der Waals surface area contributed by atoms with E-state index in [1.165, 1.54) is 0 Å². The third kappa shape index (κ3) is 2.91. The third-order valence-corrected chi connectivity index (χ3v) is 3.37. The Balaban J connectivity index is 2.88. The van der Waals surface area contributed by atoms with Crippen LogP contribution in [0.4, 0.5) is 0 Å². The summed E-state index contributed by atoms with van der Waals surface area (Å²) in [5.74, 6) is 2.96. The van der Waals surface area contributed by atoms with Gasteiger partial charge in [-0.3, -0.25) is 5.10 Å². The summed E-state index contributed by atoms with van der Waals surface area (Å²) in [7, 11) is 0. The Kier molecular flexibility index (Phi) is 4.08. The van der Waals surface area contributed by atoms with Gasteiger partial charge in [0, 0.05) is 6.54 Å². The van der Waals surface area contributed by atoms with Crippen LogP contribution in [-0.2, 0) is 6.54 Å². The van der Waals surface area contributed by atoms with Crippen molar-refractivity contribution in [3.63, 3.8) is 0 Å². The molecule has 0 atom stereocenters. The predicted octanol–water partition coefficient (Wildman–Crippen LogP) is 3.18. The summed E-state index contributed by atoms with van der Waals surface area (Å²) in [5, 5.41) is 6.97. The summed E-state index contributed by atoms with van der Waals surface area (Å²) in [6.45, 7) is 12.0. The summed E-state index contributed by atoms with van der Waals surface area (Å²) in [5.41, 5.74) is 0. The van der Waals surface area contributed by atoms with Gasteiger partial charge in [-0.25, -0.2) is 0 Å². The number of H-pyrrole nitrogens is 1. The molecule has 0 amide bonds. The lowest BCUT2D eigenvalue weighted by molar-refractivity contribution is 0.249. The van der Waals surface area contributed by atoms with Crippen LogP contribution >= 0.6 is 12.2 Å². The topological polar surface area (TPSA) is 33.6 Å². The molecule has 0 spiro atoms. The maximum absolute atomic E-state index is 5.21. The molecular formula is C11H21N3S. The van der Waals surface area contributed by atoms with E-state index in [0.717, 1.165) is 17.1 Å². The average Bonchev–Trinajstić information content (AvgIpc) is 2.42. The molecule has 3 nitrogen and oxygen atoms in total. The van der Waals surface area contributed by atoms with Crippen molar-refractivity contribution >= 4 is 12.2 Å². The second-order valence-electron chi connectivity index (χ2n) is 4.84. The van der Waals surface area contributed by atoms with Crippen LogP contribution in [0.5, 0.6) is 0 Å². The van der Waals surface area contributed by atoms with Gasteiger partial charge in [0.15, 0.2) is 4.77 Å². The van der Waals surface area contributed by atoms with Crippen LogP contribution < -0.4 is 0 Å². The zero-order valence-corrected chi connectivity index (χ0v) is 11.1. The van der Waals surface area contributed by atoms with Crippen molar-refractivity contribution in [2.45, 2.75) is 41.2 Å². The average molecular weight is 227 g/mol. The van der Waals surface area contributed by atoms with Crippen molar-refractivity contribution in [1.82, 2.24) is 14.8 Å². The Labute approximate surface area is 96.9 Å². The van der Waals surface area contributed by atoms with Crippen molar-refractivity contribution in [3.05, 3.63) is 10.6 Å². The molecule has 0 saturated carbocycles. The SMILES string of the molecule is Cc1n[nH]c(=S)n1CC(C(C)C)C(C)C. The van der Waals surface area contributed by atoms with Gasteiger partial charge in [0.05, 0.1) is 0 Å². The molecule has 1 aromatic rings. The Morgan fingerprint density at radius 3 is 2.13 bits per heavy atom. The van der Waals surface area contributed by atoms with Gasteiger partial charge in [0.25, 0.3) is 0 Å². The Morgan fingerprint density at radius 2 is 1.80 bits per heavy atom. The number of hydrogen-bond acceptors (Lipinski definition) is 2. The minimum Gasteiger partial charge on any atom is -0.304 e. The van der Waals surface area contributed by atoms with Gasteiger partial charge in [-0.2, -0.15) is 5.10 Å². The maximum atomic E-state index is 5.21. The molecule has 0 aliphatic rings. The maximum Gasteiger partial charge on any atom is 0.195 e. The smallest absolute Gasteiger partial charge is 0.195 e. The van der Waals surface area contributed by atoms with E-state index in [0.29, 0.717) is 17.8 Å². The van der Waals surface area contributed by atoms with Crippen LogP contribution in [0.15, 0.2) is 0 Å². The van der Waals surface area contributed by atoms with Crippen molar-refractivity contribution < 1.29 is 0 Å². The fraction of sp³-hybridized carbons (Fsp3) is 0.818. The molecule has 0 saturated heterocycles. The van der Waals surface area contributed by atoms with Gasteiger partial charge in [-0.15, -0.1) is 0 Å². The molecule has 1 rings (SSSR count). The molecule has 15 heavy (non-hydrogen) atoms. The van der Waals surface area contributed by atoms with Crippen LogP contribution in [-0.4, -0.2) is 14.8 Å². The van der Waals surface area contributed by atoms with E-state index < -0.39 is 0 Å². The highest BCUT2D eigenvalue weighted by Gasteiger charge is 2.19. The highest BCUT2D eigenvalue weighted by molar-refractivity contribution is 7.71. The van der Waals surface area contributed by atoms with Gasteiger partial charge in [-0.1, -0.05) is 27.7 Å². The number of aryl methyl sites for hydroxylation is 1. The normalized spacial score (nSPS) is 12.0. The highest BCUT2D eigenvalue weighted by atomic mass is 32.1. The quantitative estimate of drug-likeness (QED) is 0.802. The summed E-state index contributed by atoms with van der Waals surface area (Å²) in [4.78, 5) is 0. The molecule has 1 N–H and O–H groups in total. The standard InChI is InChI=1S/C11H21N3S/c1-7(2)10(8(3)4)6-14-9(5)12-13-11(14)15/h7-8,10H,6H2,1-5H3,(H,13,15). The first-order chi connectivity index (χ1) is 6.93. The lowest BCUT2D eigenvalue weighted by Crippen LogP contribution is -2.22. The zero-order chi connectivity index (χ0) is 11.6. The molecule has 0 fully saturated rings. The molecule has 0 unspecified atom stereocenters. The highest BCUT2D eigenvalue weighted by Crippen LogP contribution is 2.22. The summed E-state index contributed by atoms with van der Waals surface area (Å²) in [6, 6.07) is 0. The molecule has 0 aromatic carbocycles. The first kappa shape index (κ1) is 12.4. The second-order valence-corrected chi connectivity index (χ2v) is 5.23. The number of aromatic nitrogens is 3. The van der Waals surface area contributed by atoms with E-state index >= 15 is 0 Å². The van der Waals surface area contributed by atoms with Crippen LogP contribution in [0.3, 0.4) is 0 Å². The van der Waals surface area contributed by atoms with Crippen molar-refractivity contribution in [2.75, 3.05) is 0 Å². The number of nitrogens with zero attached hydrogens (tertiary/aromatic N) is 2. The van der Waals surface area contributed by atoms with Gasteiger partial charge < -0.3 is 4.57 Å². The number of nitrogens with one attached hydrogen (secondary N) is 1. The second kappa shape index (κ2) is 4.92.